The Morgan fingerprint density at radius 1 is 0.681 bits per heavy atom. The molecule has 6 aromatic carbocycles. The molecule has 0 aromatic heterocycles. The average Bonchev–Trinajstić information content (AvgIpc) is 3.42. The maximum absolute atomic E-state index is 8.58. The maximum atomic E-state index is 8.58. The summed E-state index contributed by atoms with van der Waals surface area (Å²) in [5.74, 6) is 0.441. The van der Waals surface area contributed by atoms with E-state index in [2.05, 4.69) is 145 Å². The van der Waals surface area contributed by atoms with Crippen molar-refractivity contribution in [2.24, 2.45) is 10.7 Å². The fourth-order valence-corrected chi connectivity index (χ4v) is 6.96. The highest BCUT2D eigenvalue weighted by Crippen LogP contribution is 2.57. The van der Waals surface area contributed by atoms with Gasteiger partial charge in [0.1, 0.15) is 5.84 Å². The minimum atomic E-state index is -0.448. The van der Waals surface area contributed by atoms with Crippen LogP contribution in [0, 0.1) is 5.41 Å². The van der Waals surface area contributed by atoms with Gasteiger partial charge in [-0.05, 0) is 68.8 Å². The molecule has 3 nitrogen and oxygen atoms in total. The fraction of sp³-hybridized carbons (Fsp3) is 0.0455. The molecule has 0 unspecified atom stereocenters. The molecule has 47 heavy (non-hydrogen) atoms. The predicted molar refractivity (Wildman–Crippen MR) is 198 cm³/mol. The Bertz CT molecular complexity index is 2170. The average molecular weight is 606 g/mol. The lowest BCUT2D eigenvalue weighted by Gasteiger charge is -2.34. The zero-order valence-corrected chi connectivity index (χ0v) is 26.3. The van der Waals surface area contributed by atoms with Crippen LogP contribution >= 0.6 is 0 Å². The summed E-state index contributed by atoms with van der Waals surface area (Å²) in [5, 5.41) is 10.8. The highest BCUT2D eigenvalue weighted by atomic mass is 14.9. The Balaban J connectivity index is 1.37. The number of benzene rings is 6. The van der Waals surface area contributed by atoms with E-state index in [4.69, 9.17) is 11.1 Å². The van der Waals surface area contributed by atoms with Crippen LogP contribution < -0.4 is 5.73 Å². The third-order valence-corrected chi connectivity index (χ3v) is 9.03. The molecule has 1 aliphatic rings. The molecular formula is C44H35N3. The first-order chi connectivity index (χ1) is 23.1. The summed E-state index contributed by atoms with van der Waals surface area (Å²) in [5.41, 5.74) is 16.0. The van der Waals surface area contributed by atoms with Gasteiger partial charge in [0.2, 0.25) is 0 Å². The second kappa shape index (κ2) is 12.7. The molecule has 0 atom stereocenters. The largest absolute Gasteiger partial charge is 0.383 e. The zero-order chi connectivity index (χ0) is 32.2. The predicted octanol–water partition coefficient (Wildman–Crippen LogP) is 9.96. The number of nitrogens with zero attached hydrogens (tertiary/aromatic N) is 1. The van der Waals surface area contributed by atoms with E-state index in [1.807, 2.05) is 42.5 Å². The summed E-state index contributed by atoms with van der Waals surface area (Å²) in [6.07, 6.45) is 8.70. The van der Waals surface area contributed by atoms with Crippen LogP contribution in [-0.4, -0.2) is 11.7 Å². The lowest BCUT2D eigenvalue weighted by atomic mass is 9.67. The van der Waals surface area contributed by atoms with Crippen LogP contribution in [0.3, 0.4) is 0 Å². The van der Waals surface area contributed by atoms with Gasteiger partial charge in [-0.25, -0.2) is 4.99 Å². The highest BCUT2D eigenvalue weighted by Gasteiger charge is 2.47. The number of aliphatic imine (C=N–C) groups is 1. The van der Waals surface area contributed by atoms with Crippen molar-refractivity contribution in [2.45, 2.75) is 12.3 Å². The van der Waals surface area contributed by atoms with Gasteiger partial charge in [-0.3, -0.25) is 5.41 Å². The van der Waals surface area contributed by atoms with E-state index in [0.29, 0.717) is 5.84 Å². The summed E-state index contributed by atoms with van der Waals surface area (Å²) in [6, 6.07) is 52.3. The van der Waals surface area contributed by atoms with Crippen molar-refractivity contribution in [1.82, 2.24) is 0 Å². The number of hydrogen-bond acceptors (Lipinski definition) is 1. The standard InChI is InChI=1S/C44H35N3/c1-2-40-37(38-26-14-15-28-41(38)44(40,35-22-8-4-9-23-35)36-24-10-5-11-25-36)27-16-21-34-29-32-19-12-13-20-33(32)30-39(34)43(46)47-42(45)31-17-6-3-7-18-31/h2-30H,1H3,(H3,45,46,47)/b21-16+,37-27-,40-2?. The number of nitrogens with two attached hydrogens (primary N) is 1. The van der Waals surface area contributed by atoms with Crippen molar-refractivity contribution in [3.05, 3.63) is 214 Å². The molecule has 0 amide bonds. The van der Waals surface area contributed by atoms with Crippen molar-refractivity contribution < 1.29 is 0 Å². The lowest BCUT2D eigenvalue weighted by Crippen LogP contribution is -2.28. The van der Waals surface area contributed by atoms with Gasteiger partial charge in [-0.1, -0.05) is 164 Å². The van der Waals surface area contributed by atoms with Crippen molar-refractivity contribution >= 4 is 34.1 Å². The van der Waals surface area contributed by atoms with Gasteiger partial charge in [0, 0.05) is 11.1 Å². The molecule has 0 bridgehead atoms. The van der Waals surface area contributed by atoms with E-state index in [9.17, 15) is 0 Å². The van der Waals surface area contributed by atoms with E-state index in [-0.39, 0.29) is 5.84 Å². The topological polar surface area (TPSA) is 62.2 Å². The van der Waals surface area contributed by atoms with E-state index in [1.165, 1.54) is 33.4 Å². The third-order valence-electron chi connectivity index (χ3n) is 9.03. The molecule has 0 heterocycles. The van der Waals surface area contributed by atoms with E-state index in [0.717, 1.165) is 27.5 Å². The van der Waals surface area contributed by atoms with Crippen molar-refractivity contribution in [2.75, 3.05) is 0 Å². The molecule has 0 saturated carbocycles. The molecule has 226 valence electrons. The molecule has 3 heteroatoms. The smallest absolute Gasteiger partial charge is 0.154 e. The second-order valence-corrected chi connectivity index (χ2v) is 11.7. The van der Waals surface area contributed by atoms with Crippen molar-refractivity contribution in [1.29, 1.82) is 5.41 Å². The Kier molecular flexibility index (Phi) is 8.04. The molecule has 0 aliphatic heterocycles. The molecule has 7 rings (SSSR count). The molecule has 0 radical (unpaired) electrons. The van der Waals surface area contributed by atoms with E-state index >= 15 is 0 Å². The maximum Gasteiger partial charge on any atom is 0.154 e. The van der Waals surface area contributed by atoms with E-state index < -0.39 is 5.41 Å². The summed E-state index contributed by atoms with van der Waals surface area (Å²) in [6.45, 7) is 2.14. The summed E-state index contributed by atoms with van der Waals surface area (Å²) < 4.78 is 0. The van der Waals surface area contributed by atoms with Crippen LogP contribution in [0.4, 0.5) is 0 Å². The van der Waals surface area contributed by atoms with Crippen LogP contribution in [0.2, 0.25) is 0 Å². The number of amidine groups is 2. The second-order valence-electron chi connectivity index (χ2n) is 11.7. The van der Waals surface area contributed by atoms with Crippen LogP contribution in [0.25, 0.3) is 22.4 Å². The molecule has 6 aromatic rings. The fourth-order valence-electron chi connectivity index (χ4n) is 6.96. The minimum absolute atomic E-state index is 0.131. The lowest BCUT2D eigenvalue weighted by molar-refractivity contribution is 0.767. The Labute approximate surface area is 276 Å². The van der Waals surface area contributed by atoms with Crippen LogP contribution in [0.15, 0.2) is 180 Å². The van der Waals surface area contributed by atoms with Gasteiger partial charge >= 0.3 is 0 Å². The number of nitrogens with one attached hydrogen (secondary N) is 1. The van der Waals surface area contributed by atoms with Crippen molar-refractivity contribution in [3.8, 4) is 0 Å². The molecule has 3 N–H and O–H groups in total. The zero-order valence-electron chi connectivity index (χ0n) is 26.3. The number of hydrogen-bond donors (Lipinski definition) is 2. The Morgan fingerprint density at radius 3 is 1.87 bits per heavy atom. The van der Waals surface area contributed by atoms with Crippen LogP contribution in [-0.2, 0) is 5.41 Å². The van der Waals surface area contributed by atoms with Crippen LogP contribution in [0.5, 0.6) is 0 Å². The molecule has 1 aliphatic carbocycles. The summed E-state index contributed by atoms with van der Waals surface area (Å²) in [7, 11) is 0. The monoisotopic (exact) mass is 605 g/mol. The van der Waals surface area contributed by atoms with Gasteiger partial charge in [-0.15, -0.1) is 0 Å². The summed E-state index contributed by atoms with van der Waals surface area (Å²) in [4.78, 5) is 4.53. The van der Waals surface area contributed by atoms with Crippen LogP contribution in [0.1, 0.15) is 45.9 Å². The minimum Gasteiger partial charge on any atom is -0.383 e. The molecule has 0 fully saturated rings. The highest BCUT2D eigenvalue weighted by molar-refractivity contribution is 6.12. The number of rotatable bonds is 6. The first-order valence-corrected chi connectivity index (χ1v) is 15.9. The van der Waals surface area contributed by atoms with E-state index in [1.54, 1.807) is 0 Å². The van der Waals surface area contributed by atoms with Gasteiger partial charge in [0.15, 0.2) is 5.84 Å². The van der Waals surface area contributed by atoms with Gasteiger partial charge in [-0.2, -0.15) is 0 Å². The van der Waals surface area contributed by atoms with Crippen molar-refractivity contribution in [3.63, 3.8) is 0 Å². The van der Waals surface area contributed by atoms with Gasteiger partial charge in [0.25, 0.3) is 0 Å². The summed E-state index contributed by atoms with van der Waals surface area (Å²) >= 11 is 0. The molecular weight excluding hydrogens is 571 g/mol. The first-order valence-electron chi connectivity index (χ1n) is 15.9. The normalized spacial score (nSPS) is 15.8. The van der Waals surface area contributed by atoms with Gasteiger partial charge in [0.05, 0.1) is 5.41 Å². The quantitative estimate of drug-likeness (QED) is 0.144. The third kappa shape index (κ3) is 5.32. The van der Waals surface area contributed by atoms with Gasteiger partial charge < -0.3 is 5.73 Å². The SMILES string of the molecule is CC=C1/C(=C\C=C\c2cc3ccccc3cc2C(N)=NC(=N)c2ccccc2)c2ccccc2C1(c1ccccc1)c1ccccc1. The number of allylic oxidation sites excluding steroid dienone is 5. The molecule has 0 saturated heterocycles. The molecule has 0 spiro atoms. The Hall–Kier alpha value is -6.06. The number of fused-ring (bicyclic) bond motifs is 2. The Morgan fingerprint density at radius 2 is 1.23 bits per heavy atom. The first kappa shape index (κ1) is 29.6.